The number of nitrogens with zero attached hydrogens (tertiary/aromatic N) is 2. The zero-order valence-corrected chi connectivity index (χ0v) is 14.2. The molecule has 1 aromatic rings. The number of rotatable bonds is 3. The van der Waals surface area contributed by atoms with E-state index in [0.717, 1.165) is 15.9 Å². The van der Waals surface area contributed by atoms with Crippen LogP contribution in [0, 0.1) is 12.3 Å². The average Bonchev–Trinajstić information content (AvgIpc) is 2.50. The zero-order valence-electron chi connectivity index (χ0n) is 12.6. The topological polar surface area (TPSA) is 79.7 Å². The van der Waals surface area contributed by atoms with E-state index in [0.29, 0.717) is 32.4 Å². The smallest absolute Gasteiger partial charge is 0.407 e. The minimum absolute atomic E-state index is 0.298. The molecular formula is C15H19BrN2O4. The Kier molecular flexibility index (Phi) is 5.05. The molecule has 2 heterocycles. The van der Waals surface area contributed by atoms with E-state index in [4.69, 9.17) is 9.84 Å². The number of piperidine rings is 1. The fourth-order valence-electron chi connectivity index (χ4n) is 2.83. The van der Waals surface area contributed by atoms with Crippen LogP contribution in [0.3, 0.4) is 0 Å². The number of aromatic nitrogens is 1. The van der Waals surface area contributed by atoms with E-state index in [1.165, 1.54) is 12.0 Å². The predicted octanol–water partition coefficient (Wildman–Crippen LogP) is 2.63. The number of aryl methyl sites for hydroxylation is 1. The van der Waals surface area contributed by atoms with Crippen molar-refractivity contribution in [2.24, 2.45) is 5.41 Å². The Morgan fingerprint density at radius 2 is 2.05 bits per heavy atom. The van der Waals surface area contributed by atoms with E-state index in [1.54, 1.807) is 0 Å². The van der Waals surface area contributed by atoms with E-state index in [-0.39, 0.29) is 5.97 Å². The third-order valence-corrected chi connectivity index (χ3v) is 4.90. The first-order valence-corrected chi connectivity index (χ1v) is 7.85. The molecule has 0 radical (unpaired) electrons. The van der Waals surface area contributed by atoms with Crippen LogP contribution < -0.4 is 0 Å². The van der Waals surface area contributed by atoms with Crippen LogP contribution in [0.15, 0.2) is 16.6 Å². The van der Waals surface area contributed by atoms with E-state index in [2.05, 4.69) is 20.9 Å². The molecule has 0 saturated carbocycles. The van der Waals surface area contributed by atoms with Gasteiger partial charge in [-0.15, -0.1) is 0 Å². The third-order valence-electron chi connectivity index (χ3n) is 4.17. The summed E-state index contributed by atoms with van der Waals surface area (Å²) < 4.78 is 5.83. The van der Waals surface area contributed by atoms with Crippen LogP contribution in [0.25, 0.3) is 0 Å². The maximum Gasteiger partial charge on any atom is 0.407 e. The minimum atomic E-state index is -0.951. The van der Waals surface area contributed by atoms with Gasteiger partial charge in [-0.1, -0.05) is 0 Å². The van der Waals surface area contributed by atoms with Crippen molar-refractivity contribution in [3.63, 3.8) is 0 Å². The first-order valence-electron chi connectivity index (χ1n) is 7.06. The van der Waals surface area contributed by atoms with Crippen molar-refractivity contribution >= 4 is 28.0 Å². The Morgan fingerprint density at radius 3 is 2.59 bits per heavy atom. The van der Waals surface area contributed by atoms with Crippen molar-refractivity contribution in [1.82, 2.24) is 9.88 Å². The van der Waals surface area contributed by atoms with Gasteiger partial charge in [-0.05, 0) is 47.8 Å². The Hall–Kier alpha value is -1.63. The number of hydrogen-bond donors (Lipinski definition) is 1. The van der Waals surface area contributed by atoms with Crippen LogP contribution in [0.1, 0.15) is 24.2 Å². The zero-order chi connectivity index (χ0) is 16.3. The number of ether oxygens (including phenoxy) is 1. The summed E-state index contributed by atoms with van der Waals surface area (Å²) >= 11 is 3.47. The Balaban J connectivity index is 2.26. The summed E-state index contributed by atoms with van der Waals surface area (Å²) in [6.45, 7) is 2.55. The van der Waals surface area contributed by atoms with E-state index in [1.807, 2.05) is 19.1 Å². The molecule has 1 amide bonds. The van der Waals surface area contributed by atoms with Crippen molar-refractivity contribution in [3.05, 3.63) is 28.0 Å². The summed E-state index contributed by atoms with van der Waals surface area (Å²) in [4.78, 5) is 29.2. The quantitative estimate of drug-likeness (QED) is 0.827. The van der Waals surface area contributed by atoms with Crippen molar-refractivity contribution in [2.75, 3.05) is 20.2 Å². The van der Waals surface area contributed by atoms with Gasteiger partial charge in [-0.2, -0.15) is 0 Å². The van der Waals surface area contributed by atoms with Gasteiger partial charge in [0, 0.05) is 29.7 Å². The summed E-state index contributed by atoms with van der Waals surface area (Å²) in [7, 11) is 1.37. The van der Waals surface area contributed by atoms with Crippen LogP contribution in [0.5, 0.6) is 0 Å². The van der Waals surface area contributed by atoms with Crippen molar-refractivity contribution in [1.29, 1.82) is 0 Å². The van der Waals surface area contributed by atoms with Crippen LogP contribution >= 0.6 is 15.9 Å². The van der Waals surface area contributed by atoms with Gasteiger partial charge in [0.05, 0.1) is 18.2 Å². The molecule has 22 heavy (non-hydrogen) atoms. The lowest BCUT2D eigenvalue weighted by Crippen LogP contribution is -2.47. The van der Waals surface area contributed by atoms with Gasteiger partial charge < -0.3 is 14.7 Å². The number of carbonyl (C=O) groups excluding carboxylic acids is 1. The summed E-state index contributed by atoms with van der Waals surface area (Å²) in [5.74, 6) is -0.298. The highest BCUT2D eigenvalue weighted by Gasteiger charge is 2.44. The fraction of sp³-hybridized carbons (Fsp3) is 0.533. The monoisotopic (exact) mass is 370 g/mol. The second-order valence-corrected chi connectivity index (χ2v) is 6.45. The normalized spacial score (nSPS) is 17.1. The van der Waals surface area contributed by atoms with E-state index >= 15 is 0 Å². The fourth-order valence-corrected chi connectivity index (χ4v) is 3.19. The molecule has 0 aromatic carbocycles. The summed E-state index contributed by atoms with van der Waals surface area (Å²) in [6, 6.07) is 3.81. The average molecular weight is 371 g/mol. The standard InChI is InChI=1S/C15H19BrN2O4/c1-10-3-4-11(16)12(17-10)9-15(13(19)22-2)5-7-18(8-6-15)14(20)21/h3-4H,5-9H2,1-2H3,(H,20,21). The Morgan fingerprint density at radius 1 is 1.41 bits per heavy atom. The molecular weight excluding hydrogens is 352 g/mol. The number of carbonyl (C=O) groups is 2. The molecule has 0 aliphatic carbocycles. The van der Waals surface area contributed by atoms with E-state index < -0.39 is 11.5 Å². The van der Waals surface area contributed by atoms with Gasteiger partial charge in [0.15, 0.2) is 0 Å². The number of amides is 1. The maximum atomic E-state index is 12.3. The second-order valence-electron chi connectivity index (χ2n) is 5.60. The largest absolute Gasteiger partial charge is 0.469 e. The molecule has 1 aliphatic rings. The molecule has 6 nitrogen and oxygen atoms in total. The SMILES string of the molecule is COC(=O)C1(Cc2nc(C)ccc2Br)CCN(C(=O)O)CC1. The van der Waals surface area contributed by atoms with Gasteiger partial charge >= 0.3 is 12.1 Å². The molecule has 0 atom stereocenters. The first-order chi connectivity index (χ1) is 10.4. The summed E-state index contributed by atoms with van der Waals surface area (Å²) in [6.07, 6.45) is 0.366. The van der Waals surface area contributed by atoms with Gasteiger partial charge in [0.25, 0.3) is 0 Å². The molecule has 2 rings (SSSR count). The van der Waals surface area contributed by atoms with Gasteiger partial charge in [-0.25, -0.2) is 4.79 Å². The Labute approximate surface area is 137 Å². The number of likely N-dealkylation sites (tertiary alicyclic amines) is 1. The molecule has 0 bridgehead atoms. The lowest BCUT2D eigenvalue weighted by molar-refractivity contribution is -0.155. The molecule has 7 heteroatoms. The molecule has 0 spiro atoms. The van der Waals surface area contributed by atoms with Gasteiger partial charge in [0.1, 0.15) is 0 Å². The number of carboxylic acid groups (broad SMARTS) is 1. The van der Waals surface area contributed by atoms with Crippen LogP contribution in [0.2, 0.25) is 0 Å². The molecule has 1 aromatic heterocycles. The molecule has 120 valence electrons. The van der Waals surface area contributed by atoms with Crippen LogP contribution in [0.4, 0.5) is 4.79 Å². The Bertz CT molecular complexity index is 583. The van der Waals surface area contributed by atoms with Crippen molar-refractivity contribution in [3.8, 4) is 0 Å². The highest BCUT2D eigenvalue weighted by Crippen LogP contribution is 2.37. The number of methoxy groups -OCH3 is 1. The lowest BCUT2D eigenvalue weighted by atomic mass is 9.74. The van der Waals surface area contributed by atoms with Crippen molar-refractivity contribution < 1.29 is 19.4 Å². The molecule has 1 fully saturated rings. The van der Waals surface area contributed by atoms with Crippen LogP contribution in [-0.4, -0.2) is 47.3 Å². The number of pyridine rings is 1. The first kappa shape index (κ1) is 16.7. The minimum Gasteiger partial charge on any atom is -0.469 e. The summed E-state index contributed by atoms with van der Waals surface area (Å²) in [5.41, 5.74) is 0.958. The highest BCUT2D eigenvalue weighted by atomic mass is 79.9. The number of esters is 1. The highest BCUT2D eigenvalue weighted by molar-refractivity contribution is 9.10. The maximum absolute atomic E-state index is 12.3. The van der Waals surface area contributed by atoms with Crippen molar-refractivity contribution in [2.45, 2.75) is 26.2 Å². The third kappa shape index (κ3) is 3.40. The lowest BCUT2D eigenvalue weighted by Gasteiger charge is -2.38. The number of halogens is 1. The van der Waals surface area contributed by atoms with Gasteiger partial charge in [-0.3, -0.25) is 9.78 Å². The number of hydrogen-bond acceptors (Lipinski definition) is 4. The predicted molar refractivity (Wildman–Crippen MR) is 83.7 cm³/mol. The molecule has 1 N–H and O–H groups in total. The molecule has 1 aliphatic heterocycles. The molecule has 1 saturated heterocycles. The van der Waals surface area contributed by atoms with E-state index in [9.17, 15) is 9.59 Å². The summed E-state index contributed by atoms with van der Waals surface area (Å²) in [5, 5.41) is 9.06. The molecule has 0 unspecified atom stereocenters. The van der Waals surface area contributed by atoms with Gasteiger partial charge in [0.2, 0.25) is 0 Å². The van der Waals surface area contributed by atoms with Crippen LogP contribution in [-0.2, 0) is 16.0 Å². The second kappa shape index (κ2) is 6.64.